The molecule has 0 bridgehead atoms. The highest BCUT2D eigenvalue weighted by Crippen LogP contribution is 2.29. The normalized spacial score (nSPS) is 26.3. The lowest BCUT2D eigenvalue weighted by Gasteiger charge is -2.24. The molecular weight excluding hydrogens is 192 g/mol. The van der Waals surface area contributed by atoms with Gasteiger partial charge >= 0.3 is 0 Å². The van der Waals surface area contributed by atoms with Crippen LogP contribution in [0, 0.1) is 0 Å². The highest BCUT2D eigenvalue weighted by atomic mass is 16.2. The number of rotatable bonds is 3. The van der Waals surface area contributed by atoms with Gasteiger partial charge in [0.05, 0.1) is 0 Å². The Balaban J connectivity index is 2.23. The molecule has 1 aliphatic heterocycles. The molecular formula is C10H16N4O. The third-order valence-electron chi connectivity index (χ3n) is 2.74. The van der Waals surface area contributed by atoms with Gasteiger partial charge in [-0.3, -0.25) is 4.79 Å². The molecule has 2 rings (SSSR count). The van der Waals surface area contributed by atoms with E-state index in [2.05, 4.69) is 16.9 Å². The number of H-pyrrole nitrogens is 1. The van der Waals surface area contributed by atoms with Gasteiger partial charge in [-0.2, -0.15) is 0 Å². The number of carbonyl (C=O) groups excluding carboxylic acids is 1. The predicted molar refractivity (Wildman–Crippen MR) is 55.9 cm³/mol. The number of hydrogen-bond acceptors (Lipinski definition) is 3. The van der Waals surface area contributed by atoms with Gasteiger partial charge in [-0.15, -0.1) is 0 Å². The van der Waals surface area contributed by atoms with Crippen LogP contribution in [0.5, 0.6) is 0 Å². The second-order valence-electron chi connectivity index (χ2n) is 3.87. The van der Waals surface area contributed by atoms with Crippen molar-refractivity contribution >= 4 is 5.91 Å². The van der Waals surface area contributed by atoms with Crippen molar-refractivity contribution in [1.82, 2.24) is 14.9 Å². The number of carbonyl (C=O) groups is 1. The third-order valence-corrected chi connectivity index (χ3v) is 2.74. The predicted octanol–water partition coefficient (Wildman–Crippen LogP) is 0.420. The summed E-state index contributed by atoms with van der Waals surface area (Å²) in [6.07, 6.45) is 4.81. The van der Waals surface area contributed by atoms with Gasteiger partial charge in [0.15, 0.2) is 0 Å². The number of likely N-dealkylation sites (tertiary alicyclic amines) is 1. The largest absolute Gasteiger partial charge is 0.347 e. The molecule has 1 aromatic rings. The lowest BCUT2D eigenvalue weighted by molar-refractivity contribution is -0.129. The van der Waals surface area contributed by atoms with Crippen LogP contribution in [0.4, 0.5) is 0 Å². The third kappa shape index (κ3) is 1.74. The molecule has 1 aliphatic rings. The van der Waals surface area contributed by atoms with Crippen LogP contribution in [0.3, 0.4) is 0 Å². The van der Waals surface area contributed by atoms with Crippen molar-refractivity contribution in [2.75, 3.05) is 6.54 Å². The molecule has 0 aliphatic carbocycles. The summed E-state index contributed by atoms with van der Waals surface area (Å²) in [4.78, 5) is 20.7. The van der Waals surface area contributed by atoms with E-state index in [1.807, 2.05) is 4.90 Å². The maximum absolute atomic E-state index is 11.7. The summed E-state index contributed by atoms with van der Waals surface area (Å²) >= 11 is 0. The second-order valence-corrected chi connectivity index (χ2v) is 3.87. The summed E-state index contributed by atoms with van der Waals surface area (Å²) in [5, 5.41) is 0. The van der Waals surface area contributed by atoms with Crippen LogP contribution >= 0.6 is 0 Å². The van der Waals surface area contributed by atoms with Crippen molar-refractivity contribution in [3.63, 3.8) is 0 Å². The minimum absolute atomic E-state index is 0.0764. The van der Waals surface area contributed by atoms with Gasteiger partial charge in [-0.25, -0.2) is 4.98 Å². The molecule has 1 fully saturated rings. The summed E-state index contributed by atoms with van der Waals surface area (Å²) < 4.78 is 0. The molecule has 3 N–H and O–H groups in total. The Morgan fingerprint density at radius 2 is 2.53 bits per heavy atom. The quantitative estimate of drug-likeness (QED) is 0.756. The van der Waals surface area contributed by atoms with Crippen LogP contribution in [0.2, 0.25) is 0 Å². The Morgan fingerprint density at radius 3 is 3.13 bits per heavy atom. The molecule has 1 amide bonds. The lowest BCUT2D eigenvalue weighted by Crippen LogP contribution is -2.34. The van der Waals surface area contributed by atoms with Crippen LogP contribution < -0.4 is 5.73 Å². The molecule has 5 nitrogen and oxygen atoms in total. The first-order valence-electron chi connectivity index (χ1n) is 5.28. The SMILES string of the molecule is CCCN1C(=O)C[C@H](N)[C@H]1c1ncc[nH]1. The van der Waals surface area contributed by atoms with E-state index in [0.29, 0.717) is 6.42 Å². The molecule has 82 valence electrons. The van der Waals surface area contributed by atoms with Crippen LogP contribution in [-0.4, -0.2) is 33.4 Å². The minimum atomic E-state index is -0.143. The van der Waals surface area contributed by atoms with Crippen LogP contribution in [0.25, 0.3) is 0 Å². The van der Waals surface area contributed by atoms with Crippen LogP contribution in [-0.2, 0) is 4.79 Å². The maximum atomic E-state index is 11.7. The van der Waals surface area contributed by atoms with E-state index < -0.39 is 0 Å². The Kier molecular flexibility index (Phi) is 2.73. The highest BCUT2D eigenvalue weighted by molar-refractivity contribution is 5.80. The first-order chi connectivity index (χ1) is 7.24. The fourth-order valence-electron chi connectivity index (χ4n) is 2.11. The fraction of sp³-hybridized carbons (Fsp3) is 0.600. The van der Waals surface area contributed by atoms with E-state index in [-0.39, 0.29) is 18.0 Å². The summed E-state index contributed by atoms with van der Waals surface area (Å²) in [6.45, 7) is 2.80. The van der Waals surface area contributed by atoms with Crippen molar-refractivity contribution < 1.29 is 4.79 Å². The summed E-state index contributed by atoms with van der Waals surface area (Å²) in [5.74, 6) is 0.924. The number of aromatic amines is 1. The van der Waals surface area contributed by atoms with Gasteiger partial charge in [0.25, 0.3) is 0 Å². The van der Waals surface area contributed by atoms with Crippen LogP contribution in [0.1, 0.15) is 31.6 Å². The average molecular weight is 208 g/mol. The van der Waals surface area contributed by atoms with Crippen molar-refractivity contribution in [2.45, 2.75) is 31.8 Å². The first kappa shape index (κ1) is 10.2. The fourth-order valence-corrected chi connectivity index (χ4v) is 2.11. The van der Waals surface area contributed by atoms with Gasteiger partial charge in [-0.1, -0.05) is 6.92 Å². The molecule has 0 saturated carbocycles. The molecule has 0 spiro atoms. The number of amides is 1. The number of imidazole rings is 1. The van der Waals surface area contributed by atoms with Crippen molar-refractivity contribution in [3.8, 4) is 0 Å². The maximum Gasteiger partial charge on any atom is 0.224 e. The molecule has 1 saturated heterocycles. The molecule has 0 aromatic carbocycles. The second kappa shape index (κ2) is 4.02. The highest BCUT2D eigenvalue weighted by Gasteiger charge is 2.39. The topological polar surface area (TPSA) is 75.0 Å². The van der Waals surface area contributed by atoms with Gasteiger partial charge in [-0.05, 0) is 6.42 Å². The molecule has 15 heavy (non-hydrogen) atoms. The summed E-state index contributed by atoms with van der Waals surface area (Å²) in [7, 11) is 0. The zero-order chi connectivity index (χ0) is 10.8. The van der Waals surface area contributed by atoms with Gasteiger partial charge in [0, 0.05) is 31.4 Å². The van der Waals surface area contributed by atoms with Gasteiger partial charge < -0.3 is 15.6 Å². The minimum Gasteiger partial charge on any atom is -0.347 e. The Bertz CT molecular complexity index is 335. The first-order valence-corrected chi connectivity index (χ1v) is 5.28. The standard InChI is InChI=1S/C10H16N4O/c1-2-5-14-8(15)6-7(11)9(14)10-12-3-4-13-10/h3-4,7,9H,2,5-6,11H2,1H3,(H,12,13)/t7-,9-/m0/s1. The van der Waals surface area contributed by atoms with E-state index in [0.717, 1.165) is 18.8 Å². The zero-order valence-corrected chi connectivity index (χ0v) is 8.81. The van der Waals surface area contributed by atoms with E-state index in [1.54, 1.807) is 12.4 Å². The number of hydrogen-bond donors (Lipinski definition) is 2. The average Bonchev–Trinajstić information content (AvgIpc) is 2.77. The number of nitrogens with two attached hydrogens (primary N) is 1. The van der Waals surface area contributed by atoms with Crippen LogP contribution in [0.15, 0.2) is 12.4 Å². The van der Waals surface area contributed by atoms with Crippen molar-refractivity contribution in [3.05, 3.63) is 18.2 Å². The monoisotopic (exact) mass is 208 g/mol. The molecule has 1 aromatic heterocycles. The van der Waals surface area contributed by atoms with E-state index >= 15 is 0 Å². The summed E-state index contributed by atoms with van der Waals surface area (Å²) in [6, 6.07) is -0.220. The smallest absolute Gasteiger partial charge is 0.224 e. The molecule has 5 heteroatoms. The summed E-state index contributed by atoms with van der Waals surface area (Å²) in [5.41, 5.74) is 5.96. The van der Waals surface area contributed by atoms with Crippen molar-refractivity contribution in [2.24, 2.45) is 5.73 Å². The molecule has 0 radical (unpaired) electrons. The van der Waals surface area contributed by atoms with Gasteiger partial charge in [0.2, 0.25) is 5.91 Å². The Hall–Kier alpha value is -1.36. The van der Waals surface area contributed by atoms with Crippen molar-refractivity contribution in [1.29, 1.82) is 0 Å². The number of aromatic nitrogens is 2. The molecule has 0 unspecified atom stereocenters. The lowest BCUT2D eigenvalue weighted by atomic mass is 10.1. The molecule has 2 atom stereocenters. The number of nitrogens with one attached hydrogen (secondary N) is 1. The zero-order valence-electron chi connectivity index (χ0n) is 8.81. The molecule has 2 heterocycles. The number of nitrogens with zero attached hydrogens (tertiary/aromatic N) is 2. The van der Waals surface area contributed by atoms with E-state index in [4.69, 9.17) is 5.73 Å². The van der Waals surface area contributed by atoms with E-state index in [9.17, 15) is 4.79 Å². The van der Waals surface area contributed by atoms with E-state index in [1.165, 1.54) is 0 Å². The van der Waals surface area contributed by atoms with Gasteiger partial charge in [0.1, 0.15) is 11.9 Å². The Labute approximate surface area is 88.7 Å². The Morgan fingerprint density at radius 1 is 1.73 bits per heavy atom.